The van der Waals surface area contributed by atoms with Crippen molar-refractivity contribution in [2.45, 2.75) is 13.0 Å². The molecule has 2 heterocycles. The summed E-state index contributed by atoms with van der Waals surface area (Å²) < 4.78 is 15.5. The number of nitrogens with one attached hydrogen (secondary N) is 1. The molecule has 0 unspecified atom stereocenters. The minimum Gasteiger partial charge on any atom is -0.454 e. The topological polar surface area (TPSA) is 94.2 Å². The Morgan fingerprint density at radius 1 is 1.38 bits per heavy atom. The van der Waals surface area contributed by atoms with E-state index in [0.717, 1.165) is 11.8 Å². The number of hydrogen-bond donors (Lipinski definition) is 1. The molecule has 1 aromatic rings. The molecule has 1 aromatic carbocycles. The molecule has 1 saturated heterocycles. The number of amides is 2. The molecular weight excluding hydrogens is 336 g/mol. The average molecular weight is 352 g/mol. The predicted octanol–water partition coefficient (Wildman–Crippen LogP) is 1.45. The number of fused-ring (bicyclic) bond motifs is 1. The third-order valence-electron chi connectivity index (χ3n) is 3.48. The van der Waals surface area contributed by atoms with Crippen LogP contribution in [0, 0.1) is 0 Å². The van der Waals surface area contributed by atoms with Gasteiger partial charge in [0, 0.05) is 24.1 Å². The van der Waals surface area contributed by atoms with Crippen LogP contribution in [0.4, 0.5) is 10.5 Å². The molecule has 9 heteroatoms. The Bertz CT molecular complexity index is 680. The Labute approximate surface area is 142 Å². The lowest BCUT2D eigenvalue weighted by Crippen LogP contribution is -2.36. The summed E-state index contributed by atoms with van der Waals surface area (Å²) in [7, 11) is 0. The van der Waals surface area contributed by atoms with Gasteiger partial charge in [-0.15, -0.1) is 0 Å². The van der Waals surface area contributed by atoms with Crippen LogP contribution in [0.15, 0.2) is 18.2 Å². The molecule has 0 aliphatic carbocycles. The molecule has 1 fully saturated rings. The van der Waals surface area contributed by atoms with Crippen molar-refractivity contribution in [2.75, 3.05) is 31.0 Å². The first kappa shape index (κ1) is 16.4. The van der Waals surface area contributed by atoms with Gasteiger partial charge >= 0.3 is 5.97 Å². The van der Waals surface area contributed by atoms with Crippen LogP contribution in [0.3, 0.4) is 0 Å². The van der Waals surface area contributed by atoms with Crippen LogP contribution < -0.4 is 14.8 Å². The molecule has 24 heavy (non-hydrogen) atoms. The van der Waals surface area contributed by atoms with Crippen LogP contribution in [0.2, 0.25) is 0 Å². The molecular formula is C15H16N2O6S. The van der Waals surface area contributed by atoms with Gasteiger partial charge in [-0.05, 0) is 19.1 Å². The molecule has 1 atom stereocenters. The molecule has 128 valence electrons. The van der Waals surface area contributed by atoms with Gasteiger partial charge < -0.3 is 24.4 Å². The fourth-order valence-electron chi connectivity index (χ4n) is 2.23. The van der Waals surface area contributed by atoms with Crippen molar-refractivity contribution in [1.29, 1.82) is 0 Å². The van der Waals surface area contributed by atoms with E-state index < -0.39 is 18.0 Å². The Hall–Kier alpha value is -2.42. The summed E-state index contributed by atoms with van der Waals surface area (Å²) in [6, 6.07) is 4.99. The number of nitrogens with zero attached hydrogens (tertiary/aromatic N) is 1. The molecule has 0 bridgehead atoms. The van der Waals surface area contributed by atoms with Gasteiger partial charge in [0.25, 0.3) is 11.1 Å². The zero-order valence-corrected chi connectivity index (χ0v) is 13.8. The average Bonchev–Trinajstić information content (AvgIpc) is 3.16. The number of hydrogen-bond acceptors (Lipinski definition) is 7. The zero-order valence-electron chi connectivity index (χ0n) is 12.9. The van der Waals surface area contributed by atoms with Crippen molar-refractivity contribution in [1.82, 2.24) is 4.90 Å². The smallest absolute Gasteiger partial charge is 0.326 e. The van der Waals surface area contributed by atoms with Crippen molar-refractivity contribution >= 4 is 34.6 Å². The first-order valence-corrected chi connectivity index (χ1v) is 8.33. The fourth-order valence-corrected chi connectivity index (χ4v) is 3.06. The highest BCUT2D eigenvalue weighted by Crippen LogP contribution is 2.34. The quantitative estimate of drug-likeness (QED) is 0.802. The predicted molar refractivity (Wildman–Crippen MR) is 86.2 cm³/mol. The Morgan fingerprint density at radius 2 is 2.17 bits per heavy atom. The molecule has 0 saturated carbocycles. The lowest BCUT2D eigenvalue weighted by Gasteiger charge is -2.17. The van der Waals surface area contributed by atoms with E-state index >= 15 is 0 Å². The van der Waals surface area contributed by atoms with Crippen molar-refractivity contribution in [3.05, 3.63) is 18.2 Å². The normalized spacial score (nSPS) is 16.9. The van der Waals surface area contributed by atoms with Gasteiger partial charge in [-0.1, -0.05) is 11.8 Å². The van der Waals surface area contributed by atoms with E-state index in [4.69, 9.17) is 14.2 Å². The maximum Gasteiger partial charge on any atom is 0.326 e. The number of thioether (sulfide) groups is 1. The summed E-state index contributed by atoms with van der Waals surface area (Å²) in [6.07, 6.45) is -0.978. The molecule has 1 N–H and O–H groups in total. The van der Waals surface area contributed by atoms with Crippen LogP contribution in [-0.4, -0.2) is 53.8 Å². The van der Waals surface area contributed by atoms with E-state index in [1.54, 1.807) is 18.2 Å². The van der Waals surface area contributed by atoms with E-state index in [0.29, 0.717) is 29.5 Å². The molecule has 2 aliphatic heterocycles. The third-order valence-corrected chi connectivity index (χ3v) is 4.37. The van der Waals surface area contributed by atoms with Gasteiger partial charge in [-0.25, -0.2) is 0 Å². The Morgan fingerprint density at radius 3 is 2.92 bits per heavy atom. The maximum atomic E-state index is 12.1. The minimum atomic E-state index is -0.978. The van der Waals surface area contributed by atoms with E-state index in [2.05, 4.69) is 5.32 Å². The van der Waals surface area contributed by atoms with Gasteiger partial charge in [0.2, 0.25) is 6.79 Å². The van der Waals surface area contributed by atoms with Gasteiger partial charge in [0.15, 0.2) is 17.6 Å². The first-order valence-electron chi connectivity index (χ1n) is 7.34. The number of carbonyl (C=O) groups excluding carboxylic acids is 3. The number of rotatable bonds is 5. The monoisotopic (exact) mass is 352 g/mol. The second-order valence-corrected chi connectivity index (χ2v) is 6.27. The lowest BCUT2D eigenvalue weighted by molar-refractivity contribution is -0.153. The van der Waals surface area contributed by atoms with Crippen LogP contribution >= 0.6 is 11.8 Å². The number of esters is 1. The number of ether oxygens (including phenoxy) is 3. The molecule has 0 aromatic heterocycles. The first-order chi connectivity index (χ1) is 11.5. The molecule has 3 rings (SSSR count). The minimum absolute atomic E-state index is 0.145. The zero-order chi connectivity index (χ0) is 17.1. The summed E-state index contributed by atoms with van der Waals surface area (Å²) in [5, 5.41) is 2.49. The van der Waals surface area contributed by atoms with Crippen LogP contribution in [-0.2, 0) is 14.3 Å². The van der Waals surface area contributed by atoms with Gasteiger partial charge in [-0.2, -0.15) is 0 Å². The largest absolute Gasteiger partial charge is 0.454 e. The van der Waals surface area contributed by atoms with Gasteiger partial charge in [0.05, 0.1) is 0 Å². The second kappa shape index (κ2) is 7.00. The maximum absolute atomic E-state index is 12.1. The van der Waals surface area contributed by atoms with Gasteiger partial charge in [0.1, 0.15) is 6.54 Å². The number of anilines is 1. The van der Waals surface area contributed by atoms with E-state index in [-0.39, 0.29) is 18.6 Å². The number of carbonyl (C=O) groups is 3. The molecule has 2 amide bonds. The highest BCUT2D eigenvalue weighted by molar-refractivity contribution is 8.13. The van der Waals surface area contributed by atoms with Crippen molar-refractivity contribution in [3.63, 3.8) is 0 Å². The number of benzene rings is 1. The van der Waals surface area contributed by atoms with Crippen molar-refractivity contribution < 1.29 is 28.6 Å². The van der Waals surface area contributed by atoms with Crippen LogP contribution in [0.5, 0.6) is 11.5 Å². The van der Waals surface area contributed by atoms with E-state index in [1.807, 2.05) is 0 Å². The lowest BCUT2D eigenvalue weighted by atomic mass is 10.2. The Balaban J connectivity index is 1.51. The molecule has 8 nitrogen and oxygen atoms in total. The standard InChI is InChI=1S/C15H16N2O6S/c1-9(23-13(18)7-17-4-5-24-15(17)20)14(19)16-10-2-3-11-12(6-10)22-8-21-11/h2-3,6,9H,4-5,7-8H2,1H3,(H,16,19)/t9-/m0/s1. The molecule has 0 spiro atoms. The van der Waals surface area contributed by atoms with Crippen LogP contribution in [0.25, 0.3) is 0 Å². The highest BCUT2D eigenvalue weighted by atomic mass is 32.2. The SMILES string of the molecule is C[C@H](OC(=O)CN1CCSC1=O)C(=O)Nc1ccc2c(c1)OCO2. The Kier molecular flexibility index (Phi) is 4.79. The fraction of sp³-hybridized carbons (Fsp3) is 0.400. The van der Waals surface area contributed by atoms with E-state index in [1.165, 1.54) is 11.8 Å². The summed E-state index contributed by atoms with van der Waals surface area (Å²) in [4.78, 5) is 36.8. The van der Waals surface area contributed by atoms with Crippen molar-refractivity contribution in [2.24, 2.45) is 0 Å². The summed E-state index contributed by atoms with van der Waals surface area (Å²) in [5.74, 6) is 0.735. The van der Waals surface area contributed by atoms with Crippen LogP contribution in [0.1, 0.15) is 6.92 Å². The second-order valence-electron chi connectivity index (χ2n) is 5.23. The summed E-state index contributed by atoms with van der Waals surface area (Å²) in [6.45, 7) is 1.98. The summed E-state index contributed by atoms with van der Waals surface area (Å²) in [5.41, 5.74) is 0.512. The van der Waals surface area contributed by atoms with E-state index in [9.17, 15) is 14.4 Å². The molecule has 0 radical (unpaired) electrons. The summed E-state index contributed by atoms with van der Waals surface area (Å²) >= 11 is 1.16. The third kappa shape index (κ3) is 3.73. The molecule has 2 aliphatic rings. The highest BCUT2D eigenvalue weighted by Gasteiger charge is 2.26. The van der Waals surface area contributed by atoms with Crippen molar-refractivity contribution in [3.8, 4) is 11.5 Å². The van der Waals surface area contributed by atoms with Gasteiger partial charge in [-0.3, -0.25) is 14.4 Å².